The summed E-state index contributed by atoms with van der Waals surface area (Å²) in [5.74, 6) is 1.61. The first-order valence-corrected chi connectivity index (χ1v) is 14.2. The SMILES string of the molecule is [CH]1[CH][CH][CH][CH]1.[CH]1[CH][CH][CH][CH]1.[Ti+][Br].c1ccc(CC(Cc2ccccc2)C2[CH-]C2)cc1. The molecule has 10 radical (unpaired) electrons. The van der Waals surface area contributed by atoms with Crippen molar-refractivity contribution in [3.8, 4) is 0 Å². The van der Waals surface area contributed by atoms with Crippen LogP contribution in [0.4, 0.5) is 0 Å². The molecular formula is C28H29BrTi. The van der Waals surface area contributed by atoms with E-state index in [1.807, 2.05) is 82.5 Å². The number of hydrogen-bond acceptors (Lipinski definition) is 0. The van der Waals surface area contributed by atoms with Gasteiger partial charge in [-0.3, -0.25) is 0 Å². The third kappa shape index (κ3) is 11.9. The van der Waals surface area contributed by atoms with Crippen molar-refractivity contribution in [2.45, 2.75) is 19.3 Å². The molecule has 1 atom stereocenters. The molecule has 2 heteroatoms. The summed E-state index contributed by atoms with van der Waals surface area (Å²) in [6.07, 6.45) is 26.2. The van der Waals surface area contributed by atoms with E-state index in [1.54, 1.807) is 0 Å². The van der Waals surface area contributed by atoms with Gasteiger partial charge in [-0.25, -0.2) is 6.42 Å². The minimum absolute atomic E-state index is 0.773. The molecule has 3 saturated carbocycles. The van der Waals surface area contributed by atoms with Gasteiger partial charge in [0.1, 0.15) is 0 Å². The maximum absolute atomic E-state index is 2.94. The molecule has 30 heavy (non-hydrogen) atoms. The Kier molecular flexibility index (Phi) is 14.9. The fourth-order valence-electron chi connectivity index (χ4n) is 3.31. The summed E-state index contributed by atoms with van der Waals surface area (Å²) in [5.41, 5.74) is 2.94. The zero-order chi connectivity index (χ0) is 21.3. The second-order valence-electron chi connectivity index (χ2n) is 7.20. The molecule has 0 heterocycles. The molecule has 0 amide bonds. The summed E-state index contributed by atoms with van der Waals surface area (Å²) < 4.78 is 0. The number of rotatable bonds is 5. The third-order valence-electron chi connectivity index (χ3n) is 4.91. The molecule has 5 rings (SSSR count). The molecule has 3 fully saturated rings. The van der Waals surface area contributed by atoms with Crippen LogP contribution < -0.4 is 0 Å². The van der Waals surface area contributed by atoms with Gasteiger partial charge in [-0.1, -0.05) is 66.6 Å². The van der Waals surface area contributed by atoms with Crippen molar-refractivity contribution in [3.63, 3.8) is 0 Å². The molecule has 3 aliphatic rings. The summed E-state index contributed by atoms with van der Waals surface area (Å²) in [7, 11) is 0. The average Bonchev–Trinajstić information content (AvgIpc) is 3.25. The predicted octanol–water partition coefficient (Wildman–Crippen LogP) is 7.20. The van der Waals surface area contributed by atoms with Gasteiger partial charge in [0, 0.05) is 0 Å². The van der Waals surface area contributed by atoms with E-state index in [0.717, 1.165) is 11.8 Å². The first-order chi connectivity index (χ1) is 14.9. The van der Waals surface area contributed by atoms with E-state index >= 15 is 0 Å². The van der Waals surface area contributed by atoms with E-state index in [0.29, 0.717) is 0 Å². The van der Waals surface area contributed by atoms with Gasteiger partial charge in [0.25, 0.3) is 0 Å². The zero-order valence-corrected chi connectivity index (χ0v) is 20.4. The van der Waals surface area contributed by atoms with Crippen molar-refractivity contribution in [1.29, 1.82) is 0 Å². The molecule has 0 spiro atoms. The summed E-state index contributed by atoms with van der Waals surface area (Å²) in [5, 5.41) is 0. The molecule has 0 saturated heterocycles. The number of halogens is 1. The number of hydrogen-bond donors (Lipinski definition) is 0. The summed E-state index contributed by atoms with van der Waals surface area (Å²) >= 11 is 4.75. The molecule has 2 aromatic rings. The van der Waals surface area contributed by atoms with Gasteiger partial charge in [0.15, 0.2) is 0 Å². The fraction of sp³-hybridized carbons (Fsp3) is 0.179. The minimum atomic E-state index is 0.773. The molecule has 0 aromatic heterocycles. The van der Waals surface area contributed by atoms with E-state index in [1.165, 1.54) is 30.4 Å². The Balaban J connectivity index is 0.000000217. The fourth-order valence-corrected chi connectivity index (χ4v) is 3.31. The van der Waals surface area contributed by atoms with E-state index in [9.17, 15) is 0 Å². The first-order valence-electron chi connectivity index (χ1n) is 10.4. The van der Waals surface area contributed by atoms with Crippen LogP contribution in [0.2, 0.25) is 0 Å². The van der Waals surface area contributed by atoms with Crippen LogP contribution in [-0.4, -0.2) is 0 Å². The Bertz CT molecular complexity index is 549. The van der Waals surface area contributed by atoms with Gasteiger partial charge in [-0.2, -0.15) is 5.92 Å². The Hall–Kier alpha value is -0.366. The van der Waals surface area contributed by atoms with Crippen molar-refractivity contribution in [1.82, 2.24) is 0 Å². The van der Waals surface area contributed by atoms with Gasteiger partial charge < -0.3 is 6.42 Å². The van der Waals surface area contributed by atoms with Crippen LogP contribution in [0.3, 0.4) is 0 Å². The Morgan fingerprint density at radius 3 is 1.20 bits per heavy atom. The topological polar surface area (TPSA) is 0 Å². The van der Waals surface area contributed by atoms with Gasteiger partial charge in [0.05, 0.1) is 0 Å². The molecule has 2 aromatic carbocycles. The Labute approximate surface area is 204 Å². The van der Waals surface area contributed by atoms with Crippen LogP contribution in [-0.2, 0) is 31.2 Å². The molecule has 152 valence electrons. The van der Waals surface area contributed by atoms with Crippen molar-refractivity contribution in [3.05, 3.63) is 142 Å². The molecule has 3 aliphatic carbocycles. The molecule has 0 aliphatic heterocycles. The van der Waals surface area contributed by atoms with Crippen molar-refractivity contribution < 1.29 is 18.3 Å². The predicted molar refractivity (Wildman–Crippen MR) is 128 cm³/mol. The molecule has 1 unspecified atom stereocenters. The van der Waals surface area contributed by atoms with Gasteiger partial charge in [-0.15, -0.1) is 0 Å². The maximum atomic E-state index is 2.94. The van der Waals surface area contributed by atoms with Crippen LogP contribution >= 0.6 is 13.2 Å². The quantitative estimate of drug-likeness (QED) is 0.305. The standard InChI is InChI=1S/C18H19.2C5H5.BrH.Ti/c1-3-7-15(8-4-1)13-18(17-11-12-17)14-16-9-5-2-6-10-16;2*1-2-4-5-3-1;;/h1-11,17-18H,12-14H2;2*1-5H;1H;/q-1;;;;+2/p-1. The summed E-state index contributed by atoms with van der Waals surface area (Å²) in [6, 6.07) is 21.8. The summed E-state index contributed by atoms with van der Waals surface area (Å²) in [6.45, 7) is 0. The van der Waals surface area contributed by atoms with Gasteiger partial charge in [0.2, 0.25) is 0 Å². The first kappa shape index (κ1) is 25.9. The second-order valence-corrected chi connectivity index (χ2v) is 7.20. The van der Waals surface area contributed by atoms with Crippen LogP contribution in [0.5, 0.6) is 0 Å². The van der Waals surface area contributed by atoms with E-state index in [2.05, 4.69) is 80.2 Å². The molecular weight excluding hydrogens is 464 g/mol. The second kappa shape index (κ2) is 17.2. The normalized spacial score (nSPS) is 18.9. The van der Waals surface area contributed by atoms with Crippen LogP contribution in [0.1, 0.15) is 17.5 Å². The van der Waals surface area contributed by atoms with Crippen LogP contribution in [0, 0.1) is 82.5 Å². The number of benzene rings is 2. The Morgan fingerprint density at radius 2 is 0.933 bits per heavy atom. The average molecular weight is 493 g/mol. The van der Waals surface area contributed by atoms with Crippen molar-refractivity contribution in [2.75, 3.05) is 0 Å². The maximum Gasteiger partial charge on any atom is -0.0270 e. The smallest absolute Gasteiger partial charge is 0.0270 e. The summed E-state index contributed by atoms with van der Waals surface area (Å²) in [4.78, 5) is 0. The monoisotopic (exact) mass is 492 g/mol. The van der Waals surface area contributed by atoms with E-state index in [4.69, 9.17) is 0 Å². The van der Waals surface area contributed by atoms with E-state index < -0.39 is 0 Å². The van der Waals surface area contributed by atoms with E-state index in [-0.39, 0.29) is 0 Å². The molecule has 0 nitrogen and oxygen atoms in total. The van der Waals surface area contributed by atoms with Gasteiger partial charge in [-0.05, 0) is 88.2 Å². The molecule has 0 N–H and O–H groups in total. The van der Waals surface area contributed by atoms with Crippen LogP contribution in [0.25, 0.3) is 0 Å². The molecule has 0 bridgehead atoms. The van der Waals surface area contributed by atoms with Crippen molar-refractivity contribution >= 4 is 13.2 Å². The van der Waals surface area contributed by atoms with Crippen molar-refractivity contribution in [2.24, 2.45) is 11.8 Å². The minimum Gasteiger partial charge on any atom is -0.330 e. The third-order valence-corrected chi connectivity index (χ3v) is 4.91. The van der Waals surface area contributed by atoms with Crippen LogP contribution in [0.15, 0.2) is 60.7 Å². The van der Waals surface area contributed by atoms with Gasteiger partial charge >= 0.3 is 31.5 Å². The largest absolute Gasteiger partial charge is 0.330 e. The Morgan fingerprint density at radius 1 is 0.633 bits per heavy atom. The zero-order valence-electron chi connectivity index (χ0n) is 17.3.